The first-order chi connectivity index (χ1) is 12.0. The lowest BCUT2D eigenvalue weighted by Gasteiger charge is -2.36. The molecular formula is C19H26N4O2. The minimum absolute atomic E-state index is 0.0791. The van der Waals surface area contributed by atoms with Crippen molar-refractivity contribution in [1.82, 2.24) is 14.7 Å². The van der Waals surface area contributed by atoms with Gasteiger partial charge < -0.3 is 15.7 Å². The molecule has 1 aliphatic rings. The Kier molecular flexibility index (Phi) is 5.26. The number of carbonyl (C=O) groups is 1. The second-order valence-electron chi connectivity index (χ2n) is 6.81. The van der Waals surface area contributed by atoms with E-state index in [-0.39, 0.29) is 18.5 Å². The molecule has 0 aliphatic carbocycles. The van der Waals surface area contributed by atoms with E-state index in [1.807, 2.05) is 24.0 Å². The van der Waals surface area contributed by atoms with Crippen LogP contribution in [0.4, 0.5) is 5.82 Å². The predicted molar refractivity (Wildman–Crippen MR) is 97.2 cm³/mol. The number of piperidine rings is 1. The molecule has 1 fully saturated rings. The molecule has 0 radical (unpaired) electrons. The number of nitrogens with two attached hydrogens (primary N) is 1. The molecule has 0 bridgehead atoms. The van der Waals surface area contributed by atoms with Gasteiger partial charge in [-0.05, 0) is 56.7 Å². The van der Waals surface area contributed by atoms with Gasteiger partial charge in [0.2, 0.25) is 5.91 Å². The Balaban J connectivity index is 1.63. The van der Waals surface area contributed by atoms with Gasteiger partial charge in [-0.2, -0.15) is 5.10 Å². The van der Waals surface area contributed by atoms with Gasteiger partial charge in [0.15, 0.2) is 0 Å². The van der Waals surface area contributed by atoms with Crippen molar-refractivity contribution < 1.29 is 9.90 Å². The van der Waals surface area contributed by atoms with E-state index in [2.05, 4.69) is 5.10 Å². The summed E-state index contributed by atoms with van der Waals surface area (Å²) >= 11 is 0. The minimum Gasteiger partial charge on any atom is -0.508 e. The van der Waals surface area contributed by atoms with Crippen LogP contribution >= 0.6 is 0 Å². The largest absolute Gasteiger partial charge is 0.508 e. The van der Waals surface area contributed by atoms with Gasteiger partial charge in [0.1, 0.15) is 18.1 Å². The first-order valence-corrected chi connectivity index (χ1v) is 8.90. The highest BCUT2D eigenvalue weighted by atomic mass is 16.3. The molecule has 1 amide bonds. The zero-order valence-corrected chi connectivity index (χ0v) is 14.7. The maximum atomic E-state index is 12.8. The molecule has 134 valence electrons. The molecule has 1 atom stereocenters. The summed E-state index contributed by atoms with van der Waals surface area (Å²) in [6, 6.07) is 9.36. The summed E-state index contributed by atoms with van der Waals surface area (Å²) in [5.74, 6) is 0.896. The monoisotopic (exact) mass is 342 g/mol. The lowest BCUT2D eigenvalue weighted by atomic mass is 9.95. The van der Waals surface area contributed by atoms with Crippen molar-refractivity contribution in [1.29, 1.82) is 0 Å². The van der Waals surface area contributed by atoms with Crippen LogP contribution in [0.1, 0.15) is 36.9 Å². The van der Waals surface area contributed by atoms with Crippen LogP contribution in [0.5, 0.6) is 5.75 Å². The van der Waals surface area contributed by atoms with E-state index in [0.717, 1.165) is 49.9 Å². The number of benzene rings is 1. The zero-order valence-electron chi connectivity index (χ0n) is 14.7. The lowest BCUT2D eigenvalue weighted by Crippen LogP contribution is -2.45. The molecule has 2 aromatic rings. The summed E-state index contributed by atoms with van der Waals surface area (Å²) in [5.41, 5.74) is 7.83. The van der Waals surface area contributed by atoms with Gasteiger partial charge >= 0.3 is 0 Å². The van der Waals surface area contributed by atoms with Gasteiger partial charge in [-0.3, -0.25) is 4.79 Å². The van der Waals surface area contributed by atoms with E-state index >= 15 is 0 Å². The van der Waals surface area contributed by atoms with Crippen LogP contribution in [-0.4, -0.2) is 38.3 Å². The number of hydrogen-bond acceptors (Lipinski definition) is 4. The average Bonchev–Trinajstić information content (AvgIpc) is 2.90. The molecule has 1 unspecified atom stereocenters. The van der Waals surface area contributed by atoms with Crippen molar-refractivity contribution in [3.8, 4) is 5.75 Å². The molecule has 1 saturated heterocycles. The highest BCUT2D eigenvalue weighted by Gasteiger charge is 2.27. The van der Waals surface area contributed by atoms with Gasteiger partial charge in [0.05, 0.1) is 5.69 Å². The number of hydrogen-bond donors (Lipinski definition) is 2. The third-order valence-electron chi connectivity index (χ3n) is 4.84. The van der Waals surface area contributed by atoms with E-state index in [4.69, 9.17) is 5.73 Å². The average molecular weight is 342 g/mol. The number of nitrogen functional groups attached to an aromatic ring is 1. The number of anilines is 1. The van der Waals surface area contributed by atoms with Gasteiger partial charge in [0, 0.05) is 18.7 Å². The van der Waals surface area contributed by atoms with Gasteiger partial charge in [0.25, 0.3) is 0 Å². The third-order valence-corrected chi connectivity index (χ3v) is 4.84. The summed E-state index contributed by atoms with van der Waals surface area (Å²) in [6.45, 7) is 2.86. The Labute approximate surface area is 148 Å². The number of aromatic nitrogens is 2. The number of carbonyl (C=O) groups excluding carboxylic acids is 1. The van der Waals surface area contributed by atoms with Crippen molar-refractivity contribution in [3.05, 3.63) is 41.6 Å². The number of aromatic hydroxyl groups is 1. The van der Waals surface area contributed by atoms with E-state index in [1.54, 1.807) is 22.9 Å². The smallest absolute Gasteiger partial charge is 0.244 e. The standard InChI is InChI=1S/C19H26N4O2/c1-14-11-18(20)23(21-14)13-19(25)22-10-3-2-6-16(22)9-8-15-5-4-7-17(24)12-15/h4-5,7,11-12,16,24H,2-3,6,8-10,13,20H2,1H3. The maximum absolute atomic E-state index is 12.8. The van der Waals surface area contributed by atoms with Crippen molar-refractivity contribution in [2.75, 3.05) is 12.3 Å². The Morgan fingerprint density at radius 1 is 1.36 bits per heavy atom. The topological polar surface area (TPSA) is 84.4 Å². The normalized spacial score (nSPS) is 17.6. The molecule has 1 aromatic carbocycles. The van der Waals surface area contributed by atoms with E-state index in [9.17, 15) is 9.90 Å². The molecule has 0 spiro atoms. The fraction of sp³-hybridized carbons (Fsp3) is 0.474. The molecule has 0 saturated carbocycles. The van der Waals surface area contributed by atoms with Crippen molar-refractivity contribution >= 4 is 11.7 Å². The van der Waals surface area contributed by atoms with Crippen molar-refractivity contribution in [2.45, 2.75) is 51.6 Å². The first-order valence-electron chi connectivity index (χ1n) is 8.90. The highest BCUT2D eigenvalue weighted by molar-refractivity contribution is 5.76. The summed E-state index contributed by atoms with van der Waals surface area (Å²) in [5, 5.41) is 13.9. The Bertz CT molecular complexity index is 741. The van der Waals surface area contributed by atoms with Crippen molar-refractivity contribution in [3.63, 3.8) is 0 Å². The Hall–Kier alpha value is -2.50. The zero-order chi connectivity index (χ0) is 17.8. The van der Waals surface area contributed by atoms with Crippen LogP contribution in [0.3, 0.4) is 0 Å². The first kappa shape index (κ1) is 17.3. The summed E-state index contributed by atoms with van der Waals surface area (Å²) < 4.78 is 1.58. The molecule has 1 aromatic heterocycles. The van der Waals surface area contributed by atoms with Crippen LogP contribution in [0.15, 0.2) is 30.3 Å². The van der Waals surface area contributed by atoms with E-state index < -0.39 is 0 Å². The molecule has 25 heavy (non-hydrogen) atoms. The number of phenolic OH excluding ortho intramolecular Hbond substituents is 1. The Morgan fingerprint density at radius 2 is 2.20 bits per heavy atom. The molecule has 2 heterocycles. The minimum atomic E-state index is 0.0791. The van der Waals surface area contributed by atoms with Crippen LogP contribution in [0.25, 0.3) is 0 Å². The number of nitrogens with zero attached hydrogens (tertiary/aromatic N) is 3. The van der Waals surface area contributed by atoms with Gasteiger partial charge in [-0.25, -0.2) is 4.68 Å². The Morgan fingerprint density at radius 3 is 2.92 bits per heavy atom. The lowest BCUT2D eigenvalue weighted by molar-refractivity contribution is -0.135. The molecule has 1 aliphatic heterocycles. The fourth-order valence-electron chi connectivity index (χ4n) is 3.59. The summed E-state index contributed by atoms with van der Waals surface area (Å²) in [7, 11) is 0. The number of amides is 1. The van der Waals surface area contributed by atoms with Gasteiger partial charge in [-0.1, -0.05) is 12.1 Å². The van der Waals surface area contributed by atoms with Crippen molar-refractivity contribution in [2.24, 2.45) is 0 Å². The third kappa shape index (κ3) is 4.32. The summed E-state index contributed by atoms with van der Waals surface area (Å²) in [4.78, 5) is 14.8. The second-order valence-corrected chi connectivity index (χ2v) is 6.81. The highest BCUT2D eigenvalue weighted by Crippen LogP contribution is 2.23. The maximum Gasteiger partial charge on any atom is 0.244 e. The van der Waals surface area contributed by atoms with Crippen LogP contribution in [0.2, 0.25) is 0 Å². The van der Waals surface area contributed by atoms with E-state index in [0.29, 0.717) is 11.6 Å². The van der Waals surface area contributed by atoms with Gasteiger partial charge in [-0.15, -0.1) is 0 Å². The predicted octanol–water partition coefficient (Wildman–Crippen LogP) is 2.49. The van der Waals surface area contributed by atoms with Crippen LogP contribution in [0, 0.1) is 6.92 Å². The summed E-state index contributed by atoms with van der Waals surface area (Å²) in [6.07, 6.45) is 4.98. The number of aryl methyl sites for hydroxylation is 2. The molecule has 6 heteroatoms. The number of likely N-dealkylation sites (tertiary alicyclic amines) is 1. The van der Waals surface area contributed by atoms with Crippen LogP contribution < -0.4 is 5.73 Å². The quantitative estimate of drug-likeness (QED) is 0.874. The molecule has 3 N–H and O–H groups in total. The number of phenols is 1. The van der Waals surface area contributed by atoms with Crippen LogP contribution in [-0.2, 0) is 17.8 Å². The molecular weight excluding hydrogens is 316 g/mol. The van der Waals surface area contributed by atoms with E-state index in [1.165, 1.54) is 0 Å². The molecule has 3 rings (SSSR count). The fourth-order valence-corrected chi connectivity index (χ4v) is 3.59. The second kappa shape index (κ2) is 7.59. The molecule has 6 nitrogen and oxygen atoms in total. The number of rotatable bonds is 5. The SMILES string of the molecule is Cc1cc(N)n(CC(=O)N2CCCCC2CCc2cccc(O)c2)n1.